The summed E-state index contributed by atoms with van der Waals surface area (Å²) >= 11 is 0. The van der Waals surface area contributed by atoms with Crippen molar-refractivity contribution in [3.05, 3.63) is 54.3 Å². The number of anilines is 2. The molecule has 1 atom stereocenters. The van der Waals surface area contributed by atoms with E-state index in [-0.39, 0.29) is 5.69 Å². The molecule has 0 heterocycles. The van der Waals surface area contributed by atoms with Gasteiger partial charge in [0, 0.05) is 5.69 Å². The smallest absolute Gasteiger partial charge is 0.247 e. The Balaban J connectivity index is 2.20. The molecule has 0 aliphatic heterocycles. The van der Waals surface area contributed by atoms with Crippen molar-refractivity contribution in [2.45, 2.75) is 19.9 Å². The molecule has 0 saturated carbocycles. The Kier molecular flexibility index (Phi) is 6.20. The number of hydrogen-bond acceptors (Lipinski definition) is 4. The number of sulfonamides is 1. The maximum absolute atomic E-state index is 13.1. The van der Waals surface area contributed by atoms with Crippen LogP contribution in [-0.4, -0.2) is 33.2 Å². The number of halogens is 1. The Morgan fingerprint density at radius 1 is 1.15 bits per heavy atom. The SMILES string of the molecule is CCOc1ccc(NC(=O)C(C)N(c2ccc(F)cc2)S(C)(=O)=O)cc1. The van der Waals surface area contributed by atoms with Crippen molar-refractivity contribution in [2.24, 2.45) is 0 Å². The molecule has 2 aromatic carbocycles. The van der Waals surface area contributed by atoms with E-state index in [1.54, 1.807) is 24.3 Å². The molecule has 1 N–H and O–H groups in total. The van der Waals surface area contributed by atoms with Crippen LogP contribution in [-0.2, 0) is 14.8 Å². The van der Waals surface area contributed by atoms with E-state index < -0.39 is 27.8 Å². The van der Waals surface area contributed by atoms with Crippen LogP contribution in [0.2, 0.25) is 0 Å². The number of carbonyl (C=O) groups is 1. The second kappa shape index (κ2) is 8.18. The average molecular weight is 380 g/mol. The van der Waals surface area contributed by atoms with Crippen LogP contribution < -0.4 is 14.4 Å². The van der Waals surface area contributed by atoms with E-state index in [1.165, 1.54) is 19.1 Å². The zero-order valence-electron chi connectivity index (χ0n) is 14.8. The van der Waals surface area contributed by atoms with Gasteiger partial charge in [-0.1, -0.05) is 0 Å². The largest absolute Gasteiger partial charge is 0.494 e. The molecular weight excluding hydrogens is 359 g/mol. The molecular formula is C18H21FN2O4S. The van der Waals surface area contributed by atoms with Crippen LogP contribution in [0, 0.1) is 5.82 Å². The van der Waals surface area contributed by atoms with E-state index in [2.05, 4.69) is 5.32 Å². The van der Waals surface area contributed by atoms with Crippen LogP contribution in [0.3, 0.4) is 0 Å². The Morgan fingerprint density at radius 3 is 2.23 bits per heavy atom. The second-order valence-corrected chi connectivity index (χ2v) is 7.52. The van der Waals surface area contributed by atoms with Crippen LogP contribution in [0.4, 0.5) is 15.8 Å². The van der Waals surface area contributed by atoms with E-state index in [1.807, 2.05) is 6.92 Å². The predicted molar refractivity (Wildman–Crippen MR) is 99.4 cm³/mol. The second-order valence-electron chi connectivity index (χ2n) is 5.66. The highest BCUT2D eigenvalue weighted by Gasteiger charge is 2.29. The summed E-state index contributed by atoms with van der Waals surface area (Å²) in [6.07, 6.45) is 0.997. The number of carbonyl (C=O) groups excluding carboxylic acids is 1. The standard InChI is InChI=1S/C18H21FN2O4S/c1-4-25-17-11-7-15(8-12-17)20-18(22)13(2)21(26(3,23)24)16-9-5-14(19)6-10-16/h5-13H,4H2,1-3H3,(H,20,22). The molecule has 8 heteroatoms. The molecule has 1 unspecified atom stereocenters. The molecule has 0 spiro atoms. The fourth-order valence-corrected chi connectivity index (χ4v) is 3.62. The molecule has 2 aromatic rings. The van der Waals surface area contributed by atoms with Crippen molar-refractivity contribution < 1.29 is 22.3 Å². The van der Waals surface area contributed by atoms with E-state index in [9.17, 15) is 17.6 Å². The van der Waals surface area contributed by atoms with Gasteiger partial charge in [0.05, 0.1) is 18.6 Å². The molecule has 0 aliphatic carbocycles. The van der Waals surface area contributed by atoms with E-state index in [0.29, 0.717) is 18.0 Å². The van der Waals surface area contributed by atoms with Crippen molar-refractivity contribution in [1.82, 2.24) is 0 Å². The third-order valence-corrected chi connectivity index (χ3v) is 4.84. The van der Waals surface area contributed by atoms with Crippen molar-refractivity contribution in [3.63, 3.8) is 0 Å². The Morgan fingerprint density at radius 2 is 1.73 bits per heavy atom. The van der Waals surface area contributed by atoms with Crippen LogP contribution in [0.25, 0.3) is 0 Å². The molecule has 2 rings (SSSR count). The normalized spacial score (nSPS) is 12.3. The van der Waals surface area contributed by atoms with Crippen molar-refractivity contribution in [2.75, 3.05) is 22.5 Å². The Labute approximate surface area is 152 Å². The van der Waals surface area contributed by atoms with Gasteiger partial charge < -0.3 is 10.1 Å². The summed E-state index contributed by atoms with van der Waals surface area (Å²) in [5.41, 5.74) is 0.723. The lowest BCUT2D eigenvalue weighted by atomic mass is 10.2. The number of nitrogens with one attached hydrogen (secondary N) is 1. The monoisotopic (exact) mass is 380 g/mol. The van der Waals surface area contributed by atoms with Gasteiger partial charge in [-0.15, -0.1) is 0 Å². The van der Waals surface area contributed by atoms with Gasteiger partial charge in [0.1, 0.15) is 17.6 Å². The van der Waals surface area contributed by atoms with E-state index in [0.717, 1.165) is 22.7 Å². The highest BCUT2D eigenvalue weighted by Crippen LogP contribution is 2.22. The quantitative estimate of drug-likeness (QED) is 0.801. The van der Waals surface area contributed by atoms with E-state index >= 15 is 0 Å². The molecule has 0 aromatic heterocycles. The van der Waals surface area contributed by atoms with Crippen molar-refractivity contribution >= 4 is 27.3 Å². The lowest BCUT2D eigenvalue weighted by Gasteiger charge is -2.28. The minimum absolute atomic E-state index is 0.211. The van der Waals surface area contributed by atoms with Crippen LogP contribution in [0.5, 0.6) is 5.75 Å². The predicted octanol–water partition coefficient (Wildman–Crippen LogP) is 3.02. The molecule has 0 bridgehead atoms. The molecule has 0 saturated heterocycles. The summed E-state index contributed by atoms with van der Waals surface area (Å²) in [4.78, 5) is 12.5. The number of amides is 1. The average Bonchev–Trinajstić information content (AvgIpc) is 2.57. The van der Waals surface area contributed by atoms with Crippen LogP contribution in [0.1, 0.15) is 13.8 Å². The first-order chi connectivity index (χ1) is 12.2. The van der Waals surface area contributed by atoms with Gasteiger partial charge in [-0.05, 0) is 62.4 Å². The fourth-order valence-electron chi connectivity index (χ4n) is 2.44. The van der Waals surface area contributed by atoms with Crippen molar-refractivity contribution in [3.8, 4) is 5.75 Å². The summed E-state index contributed by atoms with van der Waals surface area (Å²) in [5.74, 6) is -0.333. The van der Waals surface area contributed by atoms with Gasteiger partial charge >= 0.3 is 0 Å². The van der Waals surface area contributed by atoms with Crippen LogP contribution in [0.15, 0.2) is 48.5 Å². The number of hydrogen-bond donors (Lipinski definition) is 1. The van der Waals surface area contributed by atoms with Gasteiger partial charge in [0.15, 0.2) is 0 Å². The first kappa shape index (κ1) is 19.7. The summed E-state index contributed by atoms with van der Waals surface area (Å²) in [6, 6.07) is 10.6. The molecule has 0 radical (unpaired) electrons. The summed E-state index contributed by atoms with van der Waals surface area (Å²) in [6.45, 7) is 3.87. The number of nitrogens with zero attached hydrogens (tertiary/aromatic N) is 1. The third-order valence-electron chi connectivity index (χ3n) is 3.60. The van der Waals surface area contributed by atoms with E-state index in [4.69, 9.17) is 4.74 Å². The van der Waals surface area contributed by atoms with Crippen LogP contribution >= 0.6 is 0 Å². The molecule has 26 heavy (non-hydrogen) atoms. The summed E-state index contributed by atoms with van der Waals surface area (Å²) in [5, 5.41) is 2.67. The summed E-state index contributed by atoms with van der Waals surface area (Å²) in [7, 11) is -3.75. The maximum Gasteiger partial charge on any atom is 0.247 e. The topological polar surface area (TPSA) is 75.7 Å². The molecule has 0 fully saturated rings. The Hall–Kier alpha value is -2.61. The number of rotatable bonds is 7. The third kappa shape index (κ3) is 4.95. The van der Waals surface area contributed by atoms with Crippen molar-refractivity contribution in [1.29, 1.82) is 0 Å². The van der Waals surface area contributed by atoms with Gasteiger partial charge in [-0.2, -0.15) is 0 Å². The zero-order valence-corrected chi connectivity index (χ0v) is 15.6. The highest BCUT2D eigenvalue weighted by molar-refractivity contribution is 7.92. The van der Waals surface area contributed by atoms with Gasteiger partial charge in [-0.3, -0.25) is 9.10 Å². The summed E-state index contributed by atoms with van der Waals surface area (Å²) < 4.78 is 43.7. The Bertz CT molecular complexity index is 852. The number of ether oxygens (including phenoxy) is 1. The minimum Gasteiger partial charge on any atom is -0.494 e. The maximum atomic E-state index is 13.1. The van der Waals surface area contributed by atoms with Gasteiger partial charge in [-0.25, -0.2) is 12.8 Å². The first-order valence-corrected chi connectivity index (χ1v) is 9.86. The number of benzene rings is 2. The lowest BCUT2D eigenvalue weighted by molar-refractivity contribution is -0.116. The minimum atomic E-state index is -3.75. The zero-order chi connectivity index (χ0) is 19.3. The highest BCUT2D eigenvalue weighted by atomic mass is 32.2. The molecule has 1 amide bonds. The van der Waals surface area contributed by atoms with Gasteiger partial charge in [0.2, 0.25) is 15.9 Å². The van der Waals surface area contributed by atoms with Gasteiger partial charge in [0.25, 0.3) is 0 Å². The molecule has 0 aliphatic rings. The first-order valence-electron chi connectivity index (χ1n) is 8.01. The molecule has 140 valence electrons. The fraction of sp³-hybridized carbons (Fsp3) is 0.278. The lowest BCUT2D eigenvalue weighted by Crippen LogP contribution is -2.45. The molecule has 6 nitrogen and oxygen atoms in total.